The fourth-order valence-corrected chi connectivity index (χ4v) is 4.23. The second-order valence-electron chi connectivity index (χ2n) is 6.13. The van der Waals surface area contributed by atoms with Gasteiger partial charge in [0.05, 0.1) is 11.6 Å². The molecule has 0 atom stereocenters. The van der Waals surface area contributed by atoms with Gasteiger partial charge in [0.15, 0.2) is 5.15 Å². The highest BCUT2D eigenvalue weighted by Gasteiger charge is 2.21. The number of halogens is 3. The van der Waals surface area contributed by atoms with Gasteiger partial charge in [0.2, 0.25) is 10.0 Å². The van der Waals surface area contributed by atoms with Gasteiger partial charge >= 0.3 is 0 Å². The van der Waals surface area contributed by atoms with Crippen LogP contribution in [0.3, 0.4) is 0 Å². The first-order valence-corrected chi connectivity index (χ1v) is 10.2. The Morgan fingerprint density at radius 1 is 1.37 bits per heavy atom. The molecule has 0 spiro atoms. The third-order valence-electron chi connectivity index (χ3n) is 4.06. The first kappa shape index (κ1) is 21.8. The lowest BCUT2D eigenvalue weighted by Gasteiger charge is -2.13. The molecule has 0 bridgehead atoms. The van der Waals surface area contributed by atoms with Crippen LogP contribution in [0.5, 0.6) is 0 Å². The van der Waals surface area contributed by atoms with Crippen LogP contribution in [-0.2, 0) is 23.0 Å². The lowest BCUT2D eigenvalue weighted by atomic mass is 10.1. The monoisotopic (exact) mass is 434 g/mol. The molecule has 0 aliphatic heterocycles. The van der Waals surface area contributed by atoms with E-state index in [9.17, 15) is 12.8 Å². The van der Waals surface area contributed by atoms with Crippen LogP contribution in [0.25, 0.3) is 0 Å². The number of nitrogens with two attached hydrogens (primary N) is 1. The normalized spacial score (nSPS) is 12.8. The molecule has 0 aliphatic rings. The van der Waals surface area contributed by atoms with Crippen LogP contribution in [0.4, 0.5) is 4.39 Å². The minimum absolute atomic E-state index is 0.0328. The summed E-state index contributed by atoms with van der Waals surface area (Å²) < 4.78 is 40.8. The molecule has 0 aliphatic carbocycles. The minimum atomic E-state index is -3.63. The van der Waals surface area contributed by atoms with Crippen LogP contribution in [-0.4, -0.2) is 43.1 Å². The number of allylic oxidation sites excluding steroid dienone is 1. The molecule has 0 amide bonds. The van der Waals surface area contributed by atoms with Crippen molar-refractivity contribution in [3.05, 3.63) is 57.1 Å². The molecule has 2 aromatic rings. The van der Waals surface area contributed by atoms with Gasteiger partial charge in [0.1, 0.15) is 10.7 Å². The first-order valence-electron chi connectivity index (χ1n) is 8.05. The van der Waals surface area contributed by atoms with E-state index in [2.05, 4.69) is 5.10 Å². The molecule has 0 unspecified atom stereocenters. The van der Waals surface area contributed by atoms with Gasteiger partial charge in [0, 0.05) is 38.3 Å². The average Bonchev–Trinajstić information content (AvgIpc) is 2.82. The highest BCUT2D eigenvalue weighted by Crippen LogP contribution is 2.28. The Labute approximate surface area is 168 Å². The summed E-state index contributed by atoms with van der Waals surface area (Å²) in [7, 11) is -0.748. The Bertz CT molecular complexity index is 972. The van der Waals surface area contributed by atoms with Gasteiger partial charge in [-0.15, -0.1) is 0 Å². The zero-order valence-electron chi connectivity index (χ0n) is 15.2. The highest BCUT2D eigenvalue weighted by molar-refractivity contribution is 7.89. The van der Waals surface area contributed by atoms with Gasteiger partial charge in [0.25, 0.3) is 0 Å². The second kappa shape index (κ2) is 8.70. The topological polar surface area (TPSA) is 81.2 Å². The van der Waals surface area contributed by atoms with Gasteiger partial charge < -0.3 is 5.73 Å². The molecule has 6 nitrogen and oxygen atoms in total. The maximum atomic E-state index is 13.7. The van der Waals surface area contributed by atoms with Gasteiger partial charge in [-0.1, -0.05) is 29.3 Å². The van der Waals surface area contributed by atoms with Gasteiger partial charge in [-0.05, 0) is 30.7 Å². The molecule has 0 radical (unpaired) electrons. The fraction of sp³-hybridized carbons (Fsp3) is 0.353. The summed E-state index contributed by atoms with van der Waals surface area (Å²) in [4.78, 5) is 0.0328. The quantitative estimate of drug-likeness (QED) is 0.725. The van der Waals surface area contributed by atoms with Crippen LogP contribution in [0.2, 0.25) is 10.2 Å². The van der Waals surface area contributed by atoms with Crippen LogP contribution in [0.15, 0.2) is 35.0 Å². The number of aromatic nitrogens is 2. The largest absolute Gasteiger partial charge is 0.327 e. The Balaban J connectivity index is 2.32. The molecular formula is C17H21Cl2FN4O2S. The van der Waals surface area contributed by atoms with E-state index >= 15 is 0 Å². The van der Waals surface area contributed by atoms with Gasteiger partial charge in [-0.25, -0.2) is 17.1 Å². The number of hydrogen-bond acceptors (Lipinski definition) is 4. The molecule has 0 saturated carbocycles. The fourth-order valence-electron chi connectivity index (χ4n) is 2.50. The Kier molecular flexibility index (Phi) is 7.04. The van der Waals surface area contributed by atoms with Crippen molar-refractivity contribution in [2.45, 2.75) is 24.8 Å². The molecule has 1 heterocycles. The zero-order chi connectivity index (χ0) is 20.4. The SMILES string of the molecule is Cc1c(Cc2ccc(S(=O)(=O)N(C)C)c(Cl)c2)c(Cl)nn1C/C(F)=C/CN. The maximum absolute atomic E-state index is 13.7. The van der Waals surface area contributed by atoms with Crippen molar-refractivity contribution < 1.29 is 12.8 Å². The lowest BCUT2D eigenvalue weighted by Crippen LogP contribution is -2.22. The molecule has 1 aromatic heterocycles. The Hall–Kier alpha value is -1.45. The number of benzene rings is 1. The van der Waals surface area contributed by atoms with E-state index in [1.807, 2.05) is 0 Å². The van der Waals surface area contributed by atoms with Crippen LogP contribution < -0.4 is 5.73 Å². The molecule has 2 N–H and O–H groups in total. The summed E-state index contributed by atoms with van der Waals surface area (Å²) >= 11 is 12.4. The predicted molar refractivity (Wildman–Crippen MR) is 105 cm³/mol. The molecular weight excluding hydrogens is 414 g/mol. The Morgan fingerprint density at radius 2 is 2.04 bits per heavy atom. The van der Waals surface area contributed by atoms with Crippen molar-refractivity contribution in [3.63, 3.8) is 0 Å². The van der Waals surface area contributed by atoms with Crippen molar-refractivity contribution in [1.29, 1.82) is 0 Å². The van der Waals surface area contributed by atoms with Crippen LogP contribution in [0, 0.1) is 6.92 Å². The summed E-state index contributed by atoms with van der Waals surface area (Å²) in [5.41, 5.74) is 7.50. The predicted octanol–water partition coefficient (Wildman–Crippen LogP) is 3.15. The summed E-state index contributed by atoms with van der Waals surface area (Å²) in [6, 6.07) is 4.72. The van der Waals surface area contributed by atoms with Gasteiger partial charge in [-0.2, -0.15) is 5.10 Å². The van der Waals surface area contributed by atoms with E-state index in [1.54, 1.807) is 19.1 Å². The molecule has 10 heteroatoms. The second-order valence-corrected chi connectivity index (χ2v) is 9.01. The van der Waals surface area contributed by atoms with Crippen molar-refractivity contribution >= 4 is 33.2 Å². The molecule has 1 aromatic carbocycles. The standard InChI is InChI=1S/C17H21Cl2FN4O2S/c1-11-14(17(19)22-24(11)10-13(20)6-7-21)8-12-4-5-16(15(18)9-12)27(25,26)23(2)3/h4-6,9H,7-8,10,21H2,1-3H3/b13-6-. The number of rotatable bonds is 7. The van der Waals surface area contributed by atoms with E-state index in [0.717, 1.165) is 15.4 Å². The van der Waals surface area contributed by atoms with Crippen LogP contribution >= 0.6 is 23.2 Å². The van der Waals surface area contributed by atoms with Crippen molar-refractivity contribution in [2.75, 3.05) is 20.6 Å². The van der Waals surface area contributed by atoms with Crippen molar-refractivity contribution in [2.24, 2.45) is 5.73 Å². The van der Waals surface area contributed by atoms with Crippen LogP contribution in [0.1, 0.15) is 16.8 Å². The van der Waals surface area contributed by atoms with Gasteiger partial charge in [-0.3, -0.25) is 4.68 Å². The smallest absolute Gasteiger partial charge is 0.244 e. The molecule has 148 valence electrons. The summed E-state index contributed by atoms with van der Waals surface area (Å²) in [6.07, 6.45) is 1.66. The third-order valence-corrected chi connectivity index (χ3v) is 6.66. The number of nitrogens with zero attached hydrogens (tertiary/aromatic N) is 3. The van der Waals surface area contributed by atoms with E-state index in [-0.39, 0.29) is 28.2 Å². The summed E-state index contributed by atoms with van der Waals surface area (Å²) in [6.45, 7) is 1.84. The van der Waals surface area contributed by atoms with E-state index in [4.69, 9.17) is 28.9 Å². The molecule has 0 saturated heterocycles. The highest BCUT2D eigenvalue weighted by atomic mass is 35.5. The Morgan fingerprint density at radius 3 is 2.59 bits per heavy atom. The number of hydrogen-bond donors (Lipinski definition) is 1. The average molecular weight is 435 g/mol. The summed E-state index contributed by atoms with van der Waals surface area (Å²) in [5, 5.41) is 4.54. The maximum Gasteiger partial charge on any atom is 0.244 e. The third kappa shape index (κ3) is 4.89. The van der Waals surface area contributed by atoms with E-state index in [0.29, 0.717) is 12.1 Å². The van der Waals surface area contributed by atoms with E-state index < -0.39 is 15.9 Å². The number of sulfonamides is 1. The zero-order valence-corrected chi connectivity index (χ0v) is 17.5. The minimum Gasteiger partial charge on any atom is -0.327 e. The lowest BCUT2D eigenvalue weighted by molar-refractivity contribution is 0.518. The molecule has 27 heavy (non-hydrogen) atoms. The summed E-state index contributed by atoms with van der Waals surface area (Å²) in [5.74, 6) is -0.396. The van der Waals surface area contributed by atoms with Crippen molar-refractivity contribution in [1.82, 2.24) is 14.1 Å². The van der Waals surface area contributed by atoms with Crippen molar-refractivity contribution in [3.8, 4) is 0 Å². The molecule has 0 fully saturated rings. The first-order chi connectivity index (χ1) is 12.6. The van der Waals surface area contributed by atoms with E-state index in [1.165, 1.54) is 30.9 Å². The molecule has 2 rings (SSSR count).